The Morgan fingerprint density at radius 3 is 2.21 bits per heavy atom. The van der Waals surface area contributed by atoms with Crippen molar-refractivity contribution in [2.75, 3.05) is 19.8 Å². The highest BCUT2D eigenvalue weighted by atomic mass is 19.1. The fourth-order valence-electron chi connectivity index (χ4n) is 3.72. The summed E-state index contributed by atoms with van der Waals surface area (Å²) in [6.45, 7) is 3.73. The summed E-state index contributed by atoms with van der Waals surface area (Å²) in [5, 5.41) is 2.96. The molecule has 0 saturated carbocycles. The number of amides is 2. The molecule has 6 heteroatoms. The Labute approximate surface area is 200 Å². The van der Waals surface area contributed by atoms with Gasteiger partial charge in [-0.05, 0) is 42.2 Å². The number of ether oxygens (including phenoxy) is 1. The molecular formula is C28H31FN2O3. The number of hydrogen-bond acceptors (Lipinski definition) is 3. The first-order chi connectivity index (χ1) is 16.6. The van der Waals surface area contributed by atoms with Crippen molar-refractivity contribution >= 4 is 11.8 Å². The zero-order valence-corrected chi connectivity index (χ0v) is 19.5. The number of carbonyl (C=O) groups is 2. The van der Waals surface area contributed by atoms with E-state index in [0.717, 1.165) is 11.1 Å². The van der Waals surface area contributed by atoms with E-state index in [2.05, 4.69) is 5.32 Å². The molecule has 0 radical (unpaired) electrons. The third-order valence-corrected chi connectivity index (χ3v) is 5.43. The van der Waals surface area contributed by atoms with E-state index in [1.54, 1.807) is 17.0 Å². The number of carbonyl (C=O) groups excluding carboxylic acids is 2. The van der Waals surface area contributed by atoms with Crippen molar-refractivity contribution in [1.29, 1.82) is 0 Å². The topological polar surface area (TPSA) is 58.6 Å². The smallest absolute Gasteiger partial charge is 0.247 e. The third-order valence-electron chi connectivity index (χ3n) is 5.43. The SMILES string of the molecule is CCOCCCNC(=O)[C@H](c1ccccc1)N(Cc1ccc(F)cc1)C(=O)Cc1ccccc1. The van der Waals surface area contributed by atoms with Gasteiger partial charge in [-0.3, -0.25) is 9.59 Å². The van der Waals surface area contributed by atoms with E-state index in [-0.39, 0.29) is 30.6 Å². The average molecular weight is 463 g/mol. The molecule has 0 aliphatic carbocycles. The largest absolute Gasteiger partial charge is 0.382 e. The van der Waals surface area contributed by atoms with Gasteiger partial charge >= 0.3 is 0 Å². The first kappa shape index (κ1) is 25.1. The van der Waals surface area contributed by atoms with Gasteiger partial charge in [0.15, 0.2) is 0 Å². The molecule has 5 nitrogen and oxygen atoms in total. The second-order valence-corrected chi connectivity index (χ2v) is 7.97. The number of benzene rings is 3. The molecule has 0 aliphatic heterocycles. The van der Waals surface area contributed by atoms with E-state index in [1.807, 2.05) is 67.6 Å². The second kappa shape index (κ2) is 13.3. The minimum Gasteiger partial charge on any atom is -0.382 e. The summed E-state index contributed by atoms with van der Waals surface area (Å²) >= 11 is 0. The van der Waals surface area contributed by atoms with Crippen LogP contribution in [-0.4, -0.2) is 36.5 Å². The van der Waals surface area contributed by atoms with Crippen LogP contribution < -0.4 is 5.32 Å². The Bertz CT molecular complexity index is 1030. The van der Waals surface area contributed by atoms with E-state index >= 15 is 0 Å². The van der Waals surface area contributed by atoms with E-state index in [0.29, 0.717) is 31.7 Å². The lowest BCUT2D eigenvalue weighted by molar-refractivity contribution is -0.141. The van der Waals surface area contributed by atoms with Crippen molar-refractivity contribution in [2.45, 2.75) is 32.4 Å². The summed E-state index contributed by atoms with van der Waals surface area (Å²) in [6, 6.07) is 23.9. The predicted octanol–water partition coefficient (Wildman–Crippen LogP) is 4.68. The van der Waals surface area contributed by atoms with Crippen LogP contribution in [0.5, 0.6) is 0 Å². The van der Waals surface area contributed by atoms with Crippen LogP contribution in [0.15, 0.2) is 84.9 Å². The maximum Gasteiger partial charge on any atom is 0.247 e. The van der Waals surface area contributed by atoms with E-state index in [4.69, 9.17) is 4.74 Å². The lowest BCUT2D eigenvalue weighted by atomic mass is 10.0. The van der Waals surface area contributed by atoms with Gasteiger partial charge in [-0.25, -0.2) is 4.39 Å². The first-order valence-electron chi connectivity index (χ1n) is 11.6. The van der Waals surface area contributed by atoms with Crippen molar-refractivity contribution in [2.24, 2.45) is 0 Å². The highest BCUT2D eigenvalue weighted by Crippen LogP contribution is 2.25. The van der Waals surface area contributed by atoms with Gasteiger partial charge in [-0.1, -0.05) is 72.8 Å². The summed E-state index contributed by atoms with van der Waals surface area (Å²) in [5.74, 6) is -0.794. The zero-order valence-electron chi connectivity index (χ0n) is 19.5. The molecule has 3 rings (SSSR count). The molecule has 34 heavy (non-hydrogen) atoms. The standard InChI is InChI=1S/C28H31FN2O3/c1-2-34-19-9-18-30-28(33)27(24-12-7-4-8-13-24)31(21-23-14-16-25(29)17-15-23)26(32)20-22-10-5-3-6-11-22/h3-8,10-17,27H,2,9,18-21H2,1H3,(H,30,33)/t27-/m0/s1. The number of hydrogen-bond donors (Lipinski definition) is 1. The van der Waals surface area contributed by atoms with Gasteiger partial charge < -0.3 is 15.0 Å². The van der Waals surface area contributed by atoms with Crippen LogP contribution >= 0.6 is 0 Å². The highest BCUT2D eigenvalue weighted by molar-refractivity contribution is 5.89. The maximum atomic E-state index is 13.6. The van der Waals surface area contributed by atoms with Crippen LogP contribution in [0.3, 0.4) is 0 Å². The highest BCUT2D eigenvalue weighted by Gasteiger charge is 2.31. The summed E-state index contributed by atoms with van der Waals surface area (Å²) < 4.78 is 18.8. The Balaban J connectivity index is 1.89. The van der Waals surface area contributed by atoms with Gasteiger partial charge in [0, 0.05) is 26.3 Å². The lowest BCUT2D eigenvalue weighted by Crippen LogP contribution is -2.44. The van der Waals surface area contributed by atoms with Crippen molar-refractivity contribution in [3.8, 4) is 0 Å². The first-order valence-corrected chi connectivity index (χ1v) is 11.6. The third kappa shape index (κ3) is 7.52. The zero-order chi connectivity index (χ0) is 24.2. The van der Waals surface area contributed by atoms with E-state index < -0.39 is 6.04 Å². The number of rotatable bonds is 12. The van der Waals surface area contributed by atoms with Crippen LogP contribution in [0.2, 0.25) is 0 Å². The second-order valence-electron chi connectivity index (χ2n) is 7.97. The fourth-order valence-corrected chi connectivity index (χ4v) is 3.72. The summed E-state index contributed by atoms with van der Waals surface area (Å²) in [6.07, 6.45) is 0.833. The van der Waals surface area contributed by atoms with Crippen LogP contribution in [0.25, 0.3) is 0 Å². The molecule has 0 saturated heterocycles. The number of nitrogens with zero attached hydrogens (tertiary/aromatic N) is 1. The van der Waals surface area contributed by atoms with Gasteiger partial charge in [0.2, 0.25) is 11.8 Å². The van der Waals surface area contributed by atoms with Crippen molar-refractivity contribution < 1.29 is 18.7 Å². The van der Waals surface area contributed by atoms with Crippen LogP contribution in [-0.2, 0) is 27.3 Å². The van der Waals surface area contributed by atoms with Crippen LogP contribution in [0.4, 0.5) is 4.39 Å². The average Bonchev–Trinajstić information content (AvgIpc) is 2.86. The summed E-state index contributed by atoms with van der Waals surface area (Å²) in [7, 11) is 0. The van der Waals surface area contributed by atoms with Crippen LogP contribution in [0.1, 0.15) is 36.1 Å². The molecule has 0 unspecified atom stereocenters. The lowest BCUT2D eigenvalue weighted by Gasteiger charge is -2.32. The normalized spacial score (nSPS) is 11.6. The molecule has 0 aromatic heterocycles. The molecule has 3 aromatic carbocycles. The molecular weight excluding hydrogens is 431 g/mol. The number of nitrogens with one attached hydrogen (secondary N) is 1. The molecule has 0 bridgehead atoms. The van der Waals surface area contributed by atoms with Crippen molar-refractivity contribution in [1.82, 2.24) is 10.2 Å². The Morgan fingerprint density at radius 2 is 1.56 bits per heavy atom. The molecule has 2 amide bonds. The molecule has 0 spiro atoms. The molecule has 178 valence electrons. The monoisotopic (exact) mass is 462 g/mol. The maximum absolute atomic E-state index is 13.6. The van der Waals surface area contributed by atoms with Crippen molar-refractivity contribution in [3.05, 3.63) is 107 Å². The molecule has 0 aliphatic rings. The van der Waals surface area contributed by atoms with Gasteiger partial charge in [-0.2, -0.15) is 0 Å². The van der Waals surface area contributed by atoms with E-state index in [1.165, 1.54) is 12.1 Å². The quantitative estimate of drug-likeness (QED) is 0.398. The fraction of sp³-hybridized carbons (Fsp3) is 0.286. The summed E-state index contributed by atoms with van der Waals surface area (Å²) in [5.41, 5.74) is 2.32. The van der Waals surface area contributed by atoms with Crippen molar-refractivity contribution in [3.63, 3.8) is 0 Å². The minimum atomic E-state index is -0.824. The predicted molar refractivity (Wildman–Crippen MR) is 130 cm³/mol. The molecule has 1 N–H and O–H groups in total. The molecule has 3 aromatic rings. The molecule has 0 fully saturated rings. The van der Waals surface area contributed by atoms with Gasteiger partial charge in [0.25, 0.3) is 0 Å². The van der Waals surface area contributed by atoms with Gasteiger partial charge in [-0.15, -0.1) is 0 Å². The van der Waals surface area contributed by atoms with Crippen LogP contribution in [0, 0.1) is 5.82 Å². The molecule has 0 heterocycles. The molecule has 1 atom stereocenters. The van der Waals surface area contributed by atoms with Gasteiger partial charge in [0.1, 0.15) is 11.9 Å². The Kier molecular flexibility index (Phi) is 9.80. The Hall–Kier alpha value is -3.51. The number of halogens is 1. The Morgan fingerprint density at radius 1 is 0.912 bits per heavy atom. The van der Waals surface area contributed by atoms with Gasteiger partial charge in [0.05, 0.1) is 6.42 Å². The summed E-state index contributed by atoms with van der Waals surface area (Å²) in [4.78, 5) is 28.6. The van der Waals surface area contributed by atoms with E-state index in [9.17, 15) is 14.0 Å². The minimum absolute atomic E-state index is 0.156.